The highest BCUT2D eigenvalue weighted by molar-refractivity contribution is 5.82. The molecule has 98 valence electrons. The lowest BCUT2D eigenvalue weighted by molar-refractivity contribution is -0.175. The van der Waals surface area contributed by atoms with Crippen molar-refractivity contribution in [3.63, 3.8) is 0 Å². The molecular weight excluding hydrogens is 239 g/mol. The standard InChI is InChI=1S/C10H14F3NO3/c11-10(12,13)8(17)14-9(4-1-2-5-9)6-3-7(15)16/h1-6H2,(H,14,17)(H,15,16). The Balaban J connectivity index is 2.65. The normalized spacial score (nSPS) is 19.0. The maximum atomic E-state index is 12.1. The maximum Gasteiger partial charge on any atom is 0.471 e. The van der Waals surface area contributed by atoms with E-state index in [0.717, 1.165) is 0 Å². The third-order valence-electron chi connectivity index (χ3n) is 3.01. The van der Waals surface area contributed by atoms with Crippen molar-refractivity contribution in [1.82, 2.24) is 5.32 Å². The van der Waals surface area contributed by atoms with E-state index in [2.05, 4.69) is 0 Å². The van der Waals surface area contributed by atoms with Crippen LogP contribution in [0.4, 0.5) is 13.2 Å². The van der Waals surface area contributed by atoms with Gasteiger partial charge < -0.3 is 10.4 Å². The largest absolute Gasteiger partial charge is 0.481 e. The number of amides is 1. The van der Waals surface area contributed by atoms with Crippen LogP contribution in [-0.4, -0.2) is 28.7 Å². The molecule has 0 unspecified atom stereocenters. The van der Waals surface area contributed by atoms with Gasteiger partial charge in [-0.25, -0.2) is 0 Å². The van der Waals surface area contributed by atoms with Gasteiger partial charge in [0.25, 0.3) is 0 Å². The number of carbonyl (C=O) groups excluding carboxylic acids is 1. The van der Waals surface area contributed by atoms with Crippen molar-refractivity contribution >= 4 is 11.9 Å². The van der Waals surface area contributed by atoms with Gasteiger partial charge >= 0.3 is 18.1 Å². The second kappa shape index (κ2) is 4.93. The van der Waals surface area contributed by atoms with Crippen molar-refractivity contribution in [1.29, 1.82) is 0 Å². The van der Waals surface area contributed by atoms with E-state index in [1.54, 1.807) is 0 Å². The van der Waals surface area contributed by atoms with Crippen LogP contribution in [0.15, 0.2) is 0 Å². The van der Waals surface area contributed by atoms with Gasteiger partial charge in [0.2, 0.25) is 0 Å². The summed E-state index contributed by atoms with van der Waals surface area (Å²) in [5, 5.41) is 10.5. The lowest BCUT2D eigenvalue weighted by Gasteiger charge is -2.30. The fourth-order valence-electron chi connectivity index (χ4n) is 2.15. The summed E-state index contributed by atoms with van der Waals surface area (Å²) in [6, 6.07) is 0. The van der Waals surface area contributed by atoms with Crippen molar-refractivity contribution in [3.05, 3.63) is 0 Å². The van der Waals surface area contributed by atoms with Crippen LogP contribution in [0.5, 0.6) is 0 Å². The van der Waals surface area contributed by atoms with Gasteiger partial charge in [-0.15, -0.1) is 0 Å². The van der Waals surface area contributed by atoms with E-state index < -0.39 is 23.6 Å². The molecule has 0 radical (unpaired) electrons. The van der Waals surface area contributed by atoms with Gasteiger partial charge in [-0.1, -0.05) is 12.8 Å². The number of carboxylic acid groups (broad SMARTS) is 1. The molecule has 1 amide bonds. The molecule has 0 aliphatic heterocycles. The Morgan fingerprint density at radius 3 is 2.18 bits per heavy atom. The molecule has 1 saturated carbocycles. The Bertz CT molecular complexity index is 308. The topological polar surface area (TPSA) is 66.4 Å². The zero-order valence-electron chi connectivity index (χ0n) is 9.14. The van der Waals surface area contributed by atoms with Gasteiger partial charge in [0, 0.05) is 12.0 Å². The molecule has 1 aliphatic rings. The van der Waals surface area contributed by atoms with Gasteiger partial charge in [0.05, 0.1) is 0 Å². The highest BCUT2D eigenvalue weighted by Gasteiger charge is 2.44. The minimum atomic E-state index is -4.92. The monoisotopic (exact) mass is 253 g/mol. The molecule has 0 heterocycles. The average molecular weight is 253 g/mol. The summed E-state index contributed by atoms with van der Waals surface area (Å²) in [4.78, 5) is 21.3. The van der Waals surface area contributed by atoms with Crippen LogP contribution in [-0.2, 0) is 9.59 Å². The number of aliphatic carboxylic acids is 1. The third kappa shape index (κ3) is 3.90. The molecule has 7 heteroatoms. The predicted octanol–water partition coefficient (Wildman–Crippen LogP) is 1.84. The predicted molar refractivity (Wildman–Crippen MR) is 52.3 cm³/mol. The maximum absolute atomic E-state index is 12.1. The van der Waals surface area contributed by atoms with E-state index in [9.17, 15) is 22.8 Å². The van der Waals surface area contributed by atoms with Gasteiger partial charge in [0.1, 0.15) is 0 Å². The first kappa shape index (κ1) is 13.8. The molecule has 0 bridgehead atoms. The van der Waals surface area contributed by atoms with Crippen LogP contribution in [0.2, 0.25) is 0 Å². The number of halogens is 3. The van der Waals surface area contributed by atoms with Crippen molar-refractivity contribution in [2.45, 2.75) is 50.2 Å². The van der Waals surface area contributed by atoms with Crippen LogP contribution in [0.3, 0.4) is 0 Å². The number of nitrogens with one attached hydrogen (secondary N) is 1. The Labute approximate surface area is 96.2 Å². The van der Waals surface area contributed by atoms with E-state index in [1.807, 2.05) is 5.32 Å². The number of carbonyl (C=O) groups is 2. The number of rotatable bonds is 4. The van der Waals surface area contributed by atoms with Crippen LogP contribution in [0.25, 0.3) is 0 Å². The molecule has 4 nitrogen and oxygen atoms in total. The molecule has 0 aromatic heterocycles. The summed E-state index contributed by atoms with van der Waals surface area (Å²) in [5.74, 6) is -3.05. The molecule has 0 aromatic rings. The molecule has 0 atom stereocenters. The summed E-state index contributed by atoms with van der Waals surface area (Å²) in [6.07, 6.45) is -2.89. The first-order valence-electron chi connectivity index (χ1n) is 5.36. The molecule has 17 heavy (non-hydrogen) atoms. The van der Waals surface area contributed by atoms with Crippen molar-refractivity contribution < 1.29 is 27.9 Å². The molecule has 0 aromatic carbocycles. The first-order valence-corrected chi connectivity index (χ1v) is 5.36. The van der Waals surface area contributed by atoms with Crippen molar-refractivity contribution in [2.24, 2.45) is 0 Å². The minimum absolute atomic E-state index is 0.0458. The Morgan fingerprint density at radius 1 is 1.24 bits per heavy atom. The molecule has 1 aliphatic carbocycles. The molecule has 2 N–H and O–H groups in total. The number of alkyl halides is 3. The van der Waals surface area contributed by atoms with E-state index in [4.69, 9.17) is 5.11 Å². The van der Waals surface area contributed by atoms with Crippen LogP contribution in [0.1, 0.15) is 38.5 Å². The third-order valence-corrected chi connectivity index (χ3v) is 3.01. The van der Waals surface area contributed by atoms with Crippen molar-refractivity contribution in [3.8, 4) is 0 Å². The zero-order chi connectivity index (χ0) is 13.1. The van der Waals surface area contributed by atoms with E-state index in [0.29, 0.717) is 25.7 Å². The molecule has 0 saturated heterocycles. The van der Waals surface area contributed by atoms with Crippen LogP contribution < -0.4 is 5.32 Å². The minimum Gasteiger partial charge on any atom is -0.481 e. The average Bonchev–Trinajstić information content (AvgIpc) is 2.63. The summed E-state index contributed by atoms with van der Waals surface area (Å²) < 4.78 is 36.4. The van der Waals surface area contributed by atoms with Crippen LogP contribution in [0, 0.1) is 0 Å². The second-order valence-electron chi connectivity index (χ2n) is 4.33. The smallest absolute Gasteiger partial charge is 0.471 e. The van der Waals surface area contributed by atoms with Crippen LogP contribution >= 0.6 is 0 Å². The quantitative estimate of drug-likeness (QED) is 0.803. The molecular formula is C10H14F3NO3. The van der Waals surface area contributed by atoms with E-state index >= 15 is 0 Å². The van der Waals surface area contributed by atoms with Gasteiger partial charge in [-0.05, 0) is 19.3 Å². The first-order chi connectivity index (χ1) is 7.75. The van der Waals surface area contributed by atoms with E-state index in [1.165, 1.54) is 0 Å². The number of carboxylic acids is 1. The summed E-state index contributed by atoms with van der Waals surface area (Å²) >= 11 is 0. The zero-order valence-corrected chi connectivity index (χ0v) is 9.14. The van der Waals surface area contributed by atoms with Gasteiger partial charge in [-0.3, -0.25) is 9.59 Å². The molecule has 1 fully saturated rings. The number of hydrogen-bond acceptors (Lipinski definition) is 2. The van der Waals surface area contributed by atoms with Gasteiger partial charge in [0.15, 0.2) is 0 Å². The lowest BCUT2D eigenvalue weighted by Crippen LogP contribution is -2.51. The molecule has 0 spiro atoms. The highest BCUT2D eigenvalue weighted by Crippen LogP contribution is 2.34. The summed E-state index contributed by atoms with van der Waals surface area (Å²) in [7, 11) is 0. The number of hydrogen-bond donors (Lipinski definition) is 2. The SMILES string of the molecule is O=C(O)CCC1(NC(=O)C(F)(F)F)CCCC1. The Morgan fingerprint density at radius 2 is 1.76 bits per heavy atom. The Hall–Kier alpha value is -1.27. The fourth-order valence-corrected chi connectivity index (χ4v) is 2.15. The summed E-state index contributed by atoms with van der Waals surface area (Å²) in [6.45, 7) is 0. The summed E-state index contributed by atoms with van der Waals surface area (Å²) in [5.41, 5.74) is -0.995. The molecule has 1 rings (SSSR count). The highest BCUT2D eigenvalue weighted by atomic mass is 19.4. The Kier molecular flexibility index (Phi) is 4.00. The fraction of sp³-hybridized carbons (Fsp3) is 0.800. The van der Waals surface area contributed by atoms with Crippen molar-refractivity contribution in [2.75, 3.05) is 0 Å². The van der Waals surface area contributed by atoms with Gasteiger partial charge in [-0.2, -0.15) is 13.2 Å². The lowest BCUT2D eigenvalue weighted by atomic mass is 9.91. The van der Waals surface area contributed by atoms with E-state index in [-0.39, 0.29) is 12.8 Å². The second-order valence-corrected chi connectivity index (χ2v) is 4.33.